The Hall–Kier alpha value is -0.980. The summed E-state index contributed by atoms with van der Waals surface area (Å²) >= 11 is 0. The van der Waals surface area contributed by atoms with Gasteiger partial charge < -0.3 is 5.32 Å². The van der Waals surface area contributed by atoms with Gasteiger partial charge in [-0.1, -0.05) is 19.9 Å². The first-order chi connectivity index (χ1) is 8.72. The minimum absolute atomic E-state index is 0.681. The maximum absolute atomic E-state index is 3.78. The van der Waals surface area contributed by atoms with Crippen molar-refractivity contribution in [3.05, 3.63) is 29.3 Å². The fraction of sp³-hybridized carbons (Fsp3) is 0.647. The van der Waals surface area contributed by atoms with E-state index in [-0.39, 0.29) is 0 Å². The Balaban J connectivity index is 1.69. The lowest BCUT2D eigenvalue weighted by molar-refractivity contribution is 0.276. The van der Waals surface area contributed by atoms with Crippen LogP contribution in [0.2, 0.25) is 0 Å². The van der Waals surface area contributed by atoms with E-state index in [1.807, 2.05) is 0 Å². The molecule has 98 valence electrons. The number of hydrogen-bond acceptors (Lipinski definition) is 1. The summed E-state index contributed by atoms with van der Waals surface area (Å²) in [5.74, 6) is 1.72. The lowest BCUT2D eigenvalue weighted by Crippen LogP contribution is -2.33. The molecule has 0 aliphatic heterocycles. The van der Waals surface area contributed by atoms with E-state index in [0.29, 0.717) is 6.04 Å². The smallest absolute Gasteiger partial charge is 0.0345 e. The van der Waals surface area contributed by atoms with E-state index in [9.17, 15) is 0 Å². The Labute approximate surface area is 111 Å². The minimum atomic E-state index is 0.681. The summed E-state index contributed by atoms with van der Waals surface area (Å²) in [5.41, 5.74) is 4.50. The number of fused-ring (bicyclic) bond motifs is 1. The predicted molar refractivity (Wildman–Crippen MR) is 78.1 cm³/mol. The molecule has 1 N–H and O–H groups in total. The van der Waals surface area contributed by atoms with Crippen molar-refractivity contribution >= 4 is 5.69 Å². The highest BCUT2D eigenvalue weighted by atomic mass is 14.9. The SMILES string of the molecule is CC1CCC(Nc2ccc3c(c2)CCC3)C(C)C1. The van der Waals surface area contributed by atoms with Crippen LogP contribution in [-0.2, 0) is 12.8 Å². The number of nitrogens with one attached hydrogen (secondary N) is 1. The molecule has 0 heterocycles. The Morgan fingerprint density at radius 3 is 2.72 bits per heavy atom. The molecular formula is C17H25N. The number of benzene rings is 1. The van der Waals surface area contributed by atoms with Crippen LogP contribution in [0.3, 0.4) is 0 Å². The maximum Gasteiger partial charge on any atom is 0.0345 e. The predicted octanol–water partition coefficient (Wildman–Crippen LogP) is 4.41. The van der Waals surface area contributed by atoms with Crippen LogP contribution in [0.1, 0.15) is 50.7 Å². The van der Waals surface area contributed by atoms with Crippen molar-refractivity contribution in [3.63, 3.8) is 0 Å². The van der Waals surface area contributed by atoms with Gasteiger partial charge in [0.1, 0.15) is 0 Å². The van der Waals surface area contributed by atoms with Gasteiger partial charge in [0.25, 0.3) is 0 Å². The van der Waals surface area contributed by atoms with E-state index in [4.69, 9.17) is 0 Å². The van der Waals surface area contributed by atoms with E-state index < -0.39 is 0 Å². The minimum Gasteiger partial charge on any atom is -0.382 e. The van der Waals surface area contributed by atoms with E-state index >= 15 is 0 Å². The van der Waals surface area contributed by atoms with Crippen LogP contribution < -0.4 is 5.32 Å². The highest BCUT2D eigenvalue weighted by Gasteiger charge is 2.25. The van der Waals surface area contributed by atoms with Crippen LogP contribution >= 0.6 is 0 Å². The van der Waals surface area contributed by atoms with Crippen molar-refractivity contribution in [1.82, 2.24) is 0 Å². The van der Waals surface area contributed by atoms with Gasteiger partial charge in [0.05, 0.1) is 0 Å². The molecule has 0 radical (unpaired) electrons. The average Bonchev–Trinajstić information content (AvgIpc) is 2.80. The van der Waals surface area contributed by atoms with Gasteiger partial charge in [0.15, 0.2) is 0 Å². The van der Waals surface area contributed by atoms with Crippen molar-refractivity contribution in [3.8, 4) is 0 Å². The van der Waals surface area contributed by atoms with Gasteiger partial charge >= 0.3 is 0 Å². The average molecular weight is 243 g/mol. The second kappa shape index (κ2) is 4.95. The molecule has 1 aromatic carbocycles. The van der Waals surface area contributed by atoms with Crippen molar-refractivity contribution in [1.29, 1.82) is 0 Å². The van der Waals surface area contributed by atoms with Gasteiger partial charge in [-0.15, -0.1) is 0 Å². The van der Waals surface area contributed by atoms with E-state index in [1.165, 1.54) is 44.2 Å². The summed E-state index contributed by atoms with van der Waals surface area (Å²) in [5, 5.41) is 3.78. The zero-order chi connectivity index (χ0) is 12.5. The Morgan fingerprint density at radius 2 is 1.89 bits per heavy atom. The van der Waals surface area contributed by atoms with Gasteiger partial charge in [0.2, 0.25) is 0 Å². The molecule has 3 rings (SSSR count). The third kappa shape index (κ3) is 2.41. The zero-order valence-electron chi connectivity index (χ0n) is 11.7. The van der Waals surface area contributed by atoms with Crippen LogP contribution in [0.4, 0.5) is 5.69 Å². The summed E-state index contributed by atoms with van der Waals surface area (Å²) < 4.78 is 0. The molecule has 2 aliphatic rings. The third-order valence-electron chi connectivity index (χ3n) is 4.88. The monoisotopic (exact) mass is 243 g/mol. The van der Waals surface area contributed by atoms with E-state index in [1.54, 1.807) is 11.1 Å². The Bertz CT molecular complexity index is 424. The Morgan fingerprint density at radius 1 is 1.06 bits per heavy atom. The number of anilines is 1. The van der Waals surface area contributed by atoms with Gasteiger partial charge in [0, 0.05) is 11.7 Å². The molecule has 3 atom stereocenters. The fourth-order valence-corrected chi connectivity index (χ4v) is 3.76. The molecule has 0 aromatic heterocycles. The van der Waals surface area contributed by atoms with Crippen LogP contribution in [0.5, 0.6) is 0 Å². The third-order valence-corrected chi connectivity index (χ3v) is 4.88. The van der Waals surface area contributed by atoms with Crippen LogP contribution in [0.25, 0.3) is 0 Å². The quantitative estimate of drug-likeness (QED) is 0.811. The molecule has 0 bridgehead atoms. The molecular weight excluding hydrogens is 218 g/mol. The summed E-state index contributed by atoms with van der Waals surface area (Å²) in [6.45, 7) is 4.79. The topological polar surface area (TPSA) is 12.0 Å². The first-order valence-electron chi connectivity index (χ1n) is 7.60. The van der Waals surface area contributed by atoms with Gasteiger partial charge in [-0.05, 0) is 73.6 Å². The Kier molecular flexibility index (Phi) is 3.32. The molecule has 1 saturated carbocycles. The fourth-order valence-electron chi connectivity index (χ4n) is 3.76. The first kappa shape index (κ1) is 12.1. The van der Waals surface area contributed by atoms with Crippen LogP contribution in [0.15, 0.2) is 18.2 Å². The molecule has 1 nitrogen and oxygen atoms in total. The second-order valence-corrected chi connectivity index (χ2v) is 6.48. The summed E-state index contributed by atoms with van der Waals surface area (Å²) in [6, 6.07) is 7.70. The normalized spacial score (nSPS) is 31.1. The van der Waals surface area contributed by atoms with Crippen molar-refractivity contribution in [2.75, 3.05) is 5.32 Å². The highest BCUT2D eigenvalue weighted by Crippen LogP contribution is 2.32. The molecule has 1 heteroatoms. The molecule has 0 saturated heterocycles. The van der Waals surface area contributed by atoms with Crippen molar-refractivity contribution in [2.24, 2.45) is 11.8 Å². The van der Waals surface area contributed by atoms with Crippen molar-refractivity contribution < 1.29 is 0 Å². The summed E-state index contributed by atoms with van der Waals surface area (Å²) in [4.78, 5) is 0. The van der Waals surface area contributed by atoms with Gasteiger partial charge in [-0.3, -0.25) is 0 Å². The van der Waals surface area contributed by atoms with Crippen molar-refractivity contribution in [2.45, 2.75) is 58.4 Å². The number of aryl methyl sites for hydroxylation is 2. The number of rotatable bonds is 2. The van der Waals surface area contributed by atoms with Crippen LogP contribution in [-0.4, -0.2) is 6.04 Å². The molecule has 3 unspecified atom stereocenters. The summed E-state index contributed by atoms with van der Waals surface area (Å²) in [6.07, 6.45) is 8.00. The van der Waals surface area contributed by atoms with Crippen LogP contribution in [0, 0.1) is 11.8 Å². The molecule has 2 aliphatic carbocycles. The lowest BCUT2D eigenvalue weighted by atomic mass is 9.80. The molecule has 1 fully saturated rings. The lowest BCUT2D eigenvalue weighted by Gasteiger charge is -2.34. The number of hydrogen-bond donors (Lipinski definition) is 1. The largest absolute Gasteiger partial charge is 0.382 e. The van der Waals surface area contributed by atoms with Gasteiger partial charge in [-0.2, -0.15) is 0 Å². The van der Waals surface area contributed by atoms with Gasteiger partial charge in [-0.25, -0.2) is 0 Å². The summed E-state index contributed by atoms with van der Waals surface area (Å²) in [7, 11) is 0. The standard InChI is InChI=1S/C17H25N/c1-12-6-9-17(13(2)10-12)18-16-8-7-14-4-3-5-15(14)11-16/h7-8,11-13,17-18H,3-6,9-10H2,1-2H3. The molecule has 0 amide bonds. The molecule has 0 spiro atoms. The molecule has 1 aromatic rings. The highest BCUT2D eigenvalue weighted by molar-refractivity contribution is 5.50. The van der Waals surface area contributed by atoms with E-state index in [0.717, 1.165) is 11.8 Å². The first-order valence-corrected chi connectivity index (χ1v) is 7.60. The molecule has 18 heavy (non-hydrogen) atoms. The maximum atomic E-state index is 3.78. The van der Waals surface area contributed by atoms with E-state index in [2.05, 4.69) is 37.4 Å². The second-order valence-electron chi connectivity index (χ2n) is 6.48. The zero-order valence-corrected chi connectivity index (χ0v) is 11.7.